The van der Waals surface area contributed by atoms with Crippen LogP contribution in [0.1, 0.15) is 26.7 Å². The van der Waals surface area contributed by atoms with Gasteiger partial charge in [-0.05, 0) is 12.8 Å². The number of halogens is 1. The van der Waals surface area contributed by atoms with Crippen LogP contribution in [0.3, 0.4) is 0 Å². The van der Waals surface area contributed by atoms with Gasteiger partial charge in [0, 0.05) is 10.6 Å². The molecular weight excluding hydrogens is 228 g/mol. The Balaban J connectivity index is 3.55. The summed E-state index contributed by atoms with van der Waals surface area (Å²) in [5, 5.41) is 0. The topological polar surface area (TPSA) is 34.1 Å². The normalized spacial score (nSPS) is 14.8. The lowest BCUT2D eigenvalue weighted by atomic mass is 10.3. The van der Waals surface area contributed by atoms with Gasteiger partial charge in [0.15, 0.2) is 0 Å². The minimum absolute atomic E-state index is 0.268. The maximum atomic E-state index is 11.0. The molecule has 0 saturated heterocycles. The molecule has 0 amide bonds. The zero-order valence-corrected chi connectivity index (χ0v) is 9.41. The van der Waals surface area contributed by atoms with Crippen LogP contribution in [0.25, 0.3) is 0 Å². The van der Waals surface area contributed by atoms with Crippen molar-refractivity contribution in [2.45, 2.75) is 31.5 Å². The molecule has 4 heteroatoms. The van der Waals surface area contributed by atoms with Crippen LogP contribution >= 0.6 is 15.9 Å². The van der Waals surface area contributed by atoms with E-state index >= 15 is 0 Å². The first kappa shape index (κ1) is 11.4. The standard InChI is InChI=1S/C7H15BrO2S/c1-3-11(9,10)6-4-5-7(2)8/h7H,3-6H2,1-2H3. The van der Waals surface area contributed by atoms with Crippen LogP contribution in [-0.4, -0.2) is 24.8 Å². The summed E-state index contributed by atoms with van der Waals surface area (Å²) in [6.45, 7) is 3.71. The van der Waals surface area contributed by atoms with Gasteiger partial charge in [-0.25, -0.2) is 8.42 Å². The molecule has 1 atom stereocenters. The number of alkyl halides is 1. The van der Waals surface area contributed by atoms with E-state index in [4.69, 9.17) is 0 Å². The van der Waals surface area contributed by atoms with Gasteiger partial charge < -0.3 is 0 Å². The summed E-state index contributed by atoms with van der Waals surface area (Å²) in [5.41, 5.74) is 0. The highest BCUT2D eigenvalue weighted by atomic mass is 79.9. The van der Waals surface area contributed by atoms with Crippen LogP contribution in [-0.2, 0) is 9.84 Å². The van der Waals surface area contributed by atoms with Crippen molar-refractivity contribution >= 4 is 25.8 Å². The van der Waals surface area contributed by atoms with E-state index in [2.05, 4.69) is 15.9 Å². The fourth-order valence-electron chi connectivity index (χ4n) is 0.729. The molecular formula is C7H15BrO2S. The molecule has 0 saturated carbocycles. The molecule has 0 aliphatic heterocycles. The van der Waals surface area contributed by atoms with Crippen molar-refractivity contribution in [3.05, 3.63) is 0 Å². The molecule has 2 nitrogen and oxygen atoms in total. The molecule has 0 spiro atoms. The van der Waals surface area contributed by atoms with Gasteiger partial charge in [-0.1, -0.05) is 29.8 Å². The Bertz CT molecular complexity index is 185. The van der Waals surface area contributed by atoms with Gasteiger partial charge in [0.2, 0.25) is 0 Å². The Morgan fingerprint density at radius 2 is 2.00 bits per heavy atom. The predicted octanol–water partition coefficient (Wildman–Crippen LogP) is 1.98. The molecule has 0 rings (SSSR count). The number of sulfone groups is 1. The second kappa shape index (κ2) is 5.14. The van der Waals surface area contributed by atoms with Crippen molar-refractivity contribution in [3.63, 3.8) is 0 Å². The molecule has 0 bridgehead atoms. The van der Waals surface area contributed by atoms with E-state index in [1.165, 1.54) is 0 Å². The number of hydrogen-bond donors (Lipinski definition) is 0. The average molecular weight is 243 g/mol. The van der Waals surface area contributed by atoms with Gasteiger partial charge in [-0.15, -0.1) is 0 Å². The SMILES string of the molecule is CCS(=O)(=O)CCCC(C)Br. The van der Waals surface area contributed by atoms with Gasteiger partial charge >= 0.3 is 0 Å². The molecule has 0 aliphatic carbocycles. The van der Waals surface area contributed by atoms with Crippen LogP contribution in [0, 0.1) is 0 Å². The maximum absolute atomic E-state index is 11.0. The lowest BCUT2D eigenvalue weighted by molar-refractivity contribution is 0.593. The van der Waals surface area contributed by atoms with E-state index in [1.54, 1.807) is 6.92 Å². The molecule has 0 heterocycles. The lowest BCUT2D eigenvalue weighted by Gasteiger charge is -2.02. The quantitative estimate of drug-likeness (QED) is 0.692. The van der Waals surface area contributed by atoms with E-state index in [0.29, 0.717) is 10.6 Å². The predicted molar refractivity (Wildman–Crippen MR) is 52.0 cm³/mol. The maximum Gasteiger partial charge on any atom is 0.150 e. The molecule has 0 aliphatic rings. The van der Waals surface area contributed by atoms with Gasteiger partial charge in [-0.2, -0.15) is 0 Å². The minimum Gasteiger partial charge on any atom is -0.229 e. The molecule has 1 unspecified atom stereocenters. The van der Waals surface area contributed by atoms with Gasteiger partial charge in [0.1, 0.15) is 9.84 Å². The minimum atomic E-state index is -2.74. The second-order valence-corrected chi connectivity index (χ2v) is 6.70. The monoisotopic (exact) mass is 242 g/mol. The summed E-state index contributed by atoms with van der Waals surface area (Å²) >= 11 is 3.37. The fraction of sp³-hybridized carbons (Fsp3) is 1.00. The molecule has 68 valence electrons. The van der Waals surface area contributed by atoms with Crippen molar-refractivity contribution in [2.24, 2.45) is 0 Å². The Hall–Kier alpha value is 0.430. The highest BCUT2D eigenvalue weighted by Crippen LogP contribution is 2.07. The molecule has 11 heavy (non-hydrogen) atoms. The number of rotatable bonds is 5. The molecule has 0 radical (unpaired) electrons. The average Bonchev–Trinajstić information content (AvgIpc) is 1.87. The first-order chi connectivity index (χ1) is 4.98. The van der Waals surface area contributed by atoms with Crippen molar-refractivity contribution in [1.29, 1.82) is 0 Å². The second-order valence-electron chi connectivity index (χ2n) is 2.66. The molecule has 0 fully saturated rings. The summed E-state index contributed by atoms with van der Waals surface area (Å²) < 4.78 is 21.9. The first-order valence-electron chi connectivity index (χ1n) is 3.82. The van der Waals surface area contributed by atoms with Gasteiger partial charge in [-0.3, -0.25) is 0 Å². The molecule has 0 N–H and O–H groups in total. The number of hydrogen-bond acceptors (Lipinski definition) is 2. The van der Waals surface area contributed by atoms with E-state index in [0.717, 1.165) is 12.8 Å². The third kappa shape index (κ3) is 6.81. The molecule has 0 aromatic carbocycles. The summed E-state index contributed by atoms with van der Waals surface area (Å²) in [6.07, 6.45) is 1.70. The highest BCUT2D eigenvalue weighted by Gasteiger charge is 2.06. The van der Waals surface area contributed by atoms with E-state index < -0.39 is 9.84 Å². The van der Waals surface area contributed by atoms with Gasteiger partial charge in [0.25, 0.3) is 0 Å². The highest BCUT2D eigenvalue weighted by molar-refractivity contribution is 9.09. The van der Waals surface area contributed by atoms with Crippen molar-refractivity contribution in [2.75, 3.05) is 11.5 Å². The smallest absolute Gasteiger partial charge is 0.150 e. The van der Waals surface area contributed by atoms with Crippen LogP contribution in [0.5, 0.6) is 0 Å². The zero-order chi connectivity index (χ0) is 8.91. The van der Waals surface area contributed by atoms with E-state index in [-0.39, 0.29) is 5.75 Å². The largest absolute Gasteiger partial charge is 0.229 e. The van der Waals surface area contributed by atoms with E-state index in [1.807, 2.05) is 6.92 Å². The Kier molecular flexibility index (Phi) is 5.34. The first-order valence-corrected chi connectivity index (χ1v) is 6.56. The Labute approximate surface area is 77.4 Å². The van der Waals surface area contributed by atoms with Crippen LogP contribution in [0.4, 0.5) is 0 Å². The van der Waals surface area contributed by atoms with Gasteiger partial charge in [0.05, 0.1) is 5.75 Å². The summed E-state index contributed by atoms with van der Waals surface area (Å²) in [5.74, 6) is 0.600. The third-order valence-electron chi connectivity index (χ3n) is 1.50. The zero-order valence-electron chi connectivity index (χ0n) is 7.01. The third-order valence-corrected chi connectivity index (χ3v) is 3.75. The summed E-state index contributed by atoms with van der Waals surface area (Å²) in [6, 6.07) is 0. The fourth-order valence-corrected chi connectivity index (χ4v) is 1.95. The van der Waals surface area contributed by atoms with Crippen LogP contribution in [0.15, 0.2) is 0 Å². The summed E-state index contributed by atoms with van der Waals surface area (Å²) in [4.78, 5) is 0.426. The Morgan fingerprint density at radius 3 is 2.36 bits per heavy atom. The Morgan fingerprint density at radius 1 is 1.45 bits per heavy atom. The van der Waals surface area contributed by atoms with Crippen molar-refractivity contribution in [3.8, 4) is 0 Å². The van der Waals surface area contributed by atoms with E-state index in [9.17, 15) is 8.42 Å². The van der Waals surface area contributed by atoms with Crippen LogP contribution in [0.2, 0.25) is 0 Å². The van der Waals surface area contributed by atoms with Crippen molar-refractivity contribution in [1.82, 2.24) is 0 Å². The van der Waals surface area contributed by atoms with Crippen molar-refractivity contribution < 1.29 is 8.42 Å². The summed E-state index contributed by atoms with van der Waals surface area (Å²) in [7, 11) is -2.74. The van der Waals surface area contributed by atoms with Crippen LogP contribution < -0.4 is 0 Å². The molecule has 0 aromatic rings. The lowest BCUT2D eigenvalue weighted by Crippen LogP contribution is -2.09. The molecule has 0 aromatic heterocycles.